The van der Waals surface area contributed by atoms with Gasteiger partial charge >= 0.3 is 5.97 Å². The number of hydrogen-bond donors (Lipinski definition) is 0. The number of carbonyl (C=O) groups is 1. The lowest BCUT2D eigenvalue weighted by molar-refractivity contribution is -0.166. The molecule has 4 nitrogen and oxygen atoms in total. The molecule has 0 amide bonds. The van der Waals surface area contributed by atoms with E-state index in [1.54, 1.807) is 11.3 Å². The molecule has 0 saturated carbocycles. The van der Waals surface area contributed by atoms with E-state index in [2.05, 4.69) is 4.98 Å². The molecule has 94 valence electrons. The van der Waals surface area contributed by atoms with Crippen molar-refractivity contribution in [3.8, 4) is 0 Å². The summed E-state index contributed by atoms with van der Waals surface area (Å²) in [6.07, 6.45) is 0. The molecule has 0 aliphatic carbocycles. The maximum absolute atomic E-state index is 11.9. The Balaban J connectivity index is 2.10. The number of rotatable bonds is 2. The van der Waals surface area contributed by atoms with Gasteiger partial charge in [-0.15, -0.1) is 11.3 Å². The highest BCUT2D eigenvalue weighted by molar-refractivity contribution is 7.18. The molecule has 0 N–H and O–H groups in total. The molecule has 3 rings (SSSR count). The summed E-state index contributed by atoms with van der Waals surface area (Å²) in [6.45, 7) is 2.76. The van der Waals surface area contributed by atoms with Crippen molar-refractivity contribution in [3.05, 3.63) is 28.8 Å². The summed E-state index contributed by atoms with van der Waals surface area (Å²) in [5.41, 5.74) is 1.30. The highest BCUT2D eigenvalue weighted by Gasteiger charge is 2.48. The van der Waals surface area contributed by atoms with Crippen molar-refractivity contribution in [2.45, 2.75) is 12.3 Å². The van der Waals surface area contributed by atoms with Gasteiger partial charge in [0.1, 0.15) is 5.41 Å². The Labute approximate surface area is 109 Å². The standard InChI is InChI=1S/C13H13NO3S/c1-8-14-10-4-3-9(5-11(10)18-8)13(6-17-7-13)12(15)16-2/h3-5H,6-7H2,1-2H3. The van der Waals surface area contributed by atoms with Crippen molar-refractivity contribution in [3.63, 3.8) is 0 Å². The van der Waals surface area contributed by atoms with Crippen LogP contribution >= 0.6 is 11.3 Å². The van der Waals surface area contributed by atoms with Gasteiger partial charge in [0.05, 0.1) is 35.5 Å². The SMILES string of the molecule is COC(=O)C1(c2ccc3nc(C)sc3c2)COC1. The third-order valence-electron chi connectivity index (χ3n) is 3.32. The number of ether oxygens (including phenoxy) is 2. The number of nitrogens with zero attached hydrogens (tertiary/aromatic N) is 1. The number of fused-ring (bicyclic) bond motifs is 1. The van der Waals surface area contributed by atoms with Gasteiger partial charge in [-0.25, -0.2) is 4.98 Å². The van der Waals surface area contributed by atoms with Crippen LogP contribution in [0.4, 0.5) is 0 Å². The Hall–Kier alpha value is -1.46. The Morgan fingerprint density at radius 3 is 2.89 bits per heavy atom. The number of aromatic nitrogens is 1. The first kappa shape index (κ1) is 11.6. The largest absolute Gasteiger partial charge is 0.468 e. The molecule has 0 spiro atoms. The lowest BCUT2D eigenvalue weighted by Gasteiger charge is -2.38. The summed E-state index contributed by atoms with van der Waals surface area (Å²) in [6, 6.07) is 5.93. The fraction of sp³-hybridized carbons (Fsp3) is 0.385. The highest BCUT2D eigenvalue weighted by atomic mass is 32.1. The second-order valence-corrected chi connectivity index (χ2v) is 5.72. The fourth-order valence-electron chi connectivity index (χ4n) is 2.24. The molecular weight excluding hydrogens is 250 g/mol. The molecule has 1 saturated heterocycles. The average Bonchev–Trinajstić information content (AvgIpc) is 2.66. The van der Waals surface area contributed by atoms with Crippen molar-refractivity contribution in [2.24, 2.45) is 0 Å². The normalized spacial score (nSPS) is 17.4. The first-order valence-electron chi connectivity index (χ1n) is 5.69. The van der Waals surface area contributed by atoms with E-state index in [9.17, 15) is 4.79 Å². The molecule has 0 atom stereocenters. The van der Waals surface area contributed by atoms with E-state index < -0.39 is 5.41 Å². The van der Waals surface area contributed by atoms with E-state index in [1.165, 1.54) is 7.11 Å². The molecule has 1 aromatic carbocycles. The van der Waals surface area contributed by atoms with Gasteiger partial charge in [-0.3, -0.25) is 4.79 Å². The van der Waals surface area contributed by atoms with Gasteiger partial charge in [-0.1, -0.05) is 6.07 Å². The molecule has 0 radical (unpaired) electrons. The molecule has 0 bridgehead atoms. The molecule has 1 aromatic heterocycles. The van der Waals surface area contributed by atoms with Crippen molar-refractivity contribution in [1.29, 1.82) is 0 Å². The van der Waals surface area contributed by atoms with Crippen LogP contribution in [-0.2, 0) is 19.7 Å². The van der Waals surface area contributed by atoms with Crippen molar-refractivity contribution in [2.75, 3.05) is 20.3 Å². The summed E-state index contributed by atoms with van der Waals surface area (Å²) < 4.78 is 11.2. The zero-order chi connectivity index (χ0) is 12.8. The maximum atomic E-state index is 11.9. The number of hydrogen-bond acceptors (Lipinski definition) is 5. The number of thiazole rings is 1. The summed E-state index contributed by atoms with van der Waals surface area (Å²) in [5, 5.41) is 1.03. The number of aryl methyl sites for hydroxylation is 1. The monoisotopic (exact) mass is 263 g/mol. The van der Waals surface area contributed by atoms with Crippen molar-refractivity contribution >= 4 is 27.5 Å². The second-order valence-electron chi connectivity index (χ2n) is 4.48. The third-order valence-corrected chi connectivity index (χ3v) is 4.25. The van der Waals surface area contributed by atoms with Crippen LogP contribution in [0.2, 0.25) is 0 Å². The van der Waals surface area contributed by atoms with Crippen LogP contribution in [0.1, 0.15) is 10.6 Å². The van der Waals surface area contributed by atoms with E-state index in [1.807, 2.05) is 25.1 Å². The minimum Gasteiger partial charge on any atom is -0.468 e. The summed E-state index contributed by atoms with van der Waals surface area (Å²) in [7, 11) is 1.41. The Kier molecular flexibility index (Phi) is 2.60. The maximum Gasteiger partial charge on any atom is 0.321 e. The van der Waals surface area contributed by atoms with E-state index in [0.717, 1.165) is 20.8 Å². The van der Waals surface area contributed by atoms with Gasteiger partial charge in [-0.05, 0) is 24.6 Å². The molecular formula is C13H13NO3S. The van der Waals surface area contributed by atoms with E-state index >= 15 is 0 Å². The van der Waals surface area contributed by atoms with E-state index in [4.69, 9.17) is 9.47 Å². The second kappa shape index (κ2) is 4.03. The lowest BCUT2D eigenvalue weighted by Crippen LogP contribution is -2.53. The third kappa shape index (κ3) is 1.54. The van der Waals surface area contributed by atoms with Crippen LogP contribution in [0.3, 0.4) is 0 Å². The van der Waals surface area contributed by atoms with Gasteiger partial charge in [-0.2, -0.15) is 0 Å². The van der Waals surface area contributed by atoms with Gasteiger partial charge in [0, 0.05) is 0 Å². The smallest absolute Gasteiger partial charge is 0.321 e. The highest BCUT2D eigenvalue weighted by Crippen LogP contribution is 2.36. The predicted octanol–water partition coefficient (Wildman–Crippen LogP) is 2.05. The van der Waals surface area contributed by atoms with Gasteiger partial charge in [0.25, 0.3) is 0 Å². The average molecular weight is 263 g/mol. The van der Waals surface area contributed by atoms with Crippen LogP contribution in [-0.4, -0.2) is 31.3 Å². The zero-order valence-electron chi connectivity index (χ0n) is 10.2. The van der Waals surface area contributed by atoms with Crippen molar-refractivity contribution in [1.82, 2.24) is 4.98 Å². The minimum absolute atomic E-state index is 0.227. The number of carbonyl (C=O) groups excluding carboxylic acids is 1. The van der Waals surface area contributed by atoms with Crippen LogP contribution in [0, 0.1) is 6.92 Å². The molecule has 1 fully saturated rings. The molecule has 5 heteroatoms. The van der Waals surface area contributed by atoms with Crippen LogP contribution in [0.15, 0.2) is 18.2 Å². The number of esters is 1. The number of benzene rings is 1. The van der Waals surface area contributed by atoms with Crippen LogP contribution in [0.25, 0.3) is 10.2 Å². The van der Waals surface area contributed by atoms with Crippen LogP contribution in [0.5, 0.6) is 0 Å². The van der Waals surface area contributed by atoms with Gasteiger partial charge in [0.2, 0.25) is 0 Å². The van der Waals surface area contributed by atoms with Crippen molar-refractivity contribution < 1.29 is 14.3 Å². The quantitative estimate of drug-likeness (QED) is 0.778. The minimum atomic E-state index is -0.624. The number of methoxy groups -OCH3 is 1. The predicted molar refractivity (Wildman–Crippen MR) is 68.9 cm³/mol. The molecule has 18 heavy (non-hydrogen) atoms. The fourth-order valence-corrected chi connectivity index (χ4v) is 3.11. The summed E-state index contributed by atoms with van der Waals surface area (Å²) in [5.74, 6) is -0.227. The lowest BCUT2D eigenvalue weighted by atomic mass is 9.78. The molecule has 1 aliphatic rings. The summed E-state index contributed by atoms with van der Waals surface area (Å²) in [4.78, 5) is 16.4. The first-order chi connectivity index (χ1) is 8.65. The molecule has 2 aromatic rings. The Morgan fingerprint density at radius 1 is 1.50 bits per heavy atom. The molecule has 2 heterocycles. The topological polar surface area (TPSA) is 48.4 Å². The van der Waals surface area contributed by atoms with E-state index in [-0.39, 0.29) is 5.97 Å². The van der Waals surface area contributed by atoms with Gasteiger partial charge < -0.3 is 9.47 Å². The zero-order valence-corrected chi connectivity index (χ0v) is 11.0. The van der Waals surface area contributed by atoms with Gasteiger partial charge in [0.15, 0.2) is 0 Å². The summed E-state index contributed by atoms with van der Waals surface area (Å²) >= 11 is 1.63. The van der Waals surface area contributed by atoms with E-state index in [0.29, 0.717) is 13.2 Å². The molecule has 1 aliphatic heterocycles. The molecule has 0 unspecified atom stereocenters. The van der Waals surface area contributed by atoms with Crippen LogP contribution < -0.4 is 0 Å². The Morgan fingerprint density at radius 2 is 2.28 bits per heavy atom. The first-order valence-corrected chi connectivity index (χ1v) is 6.51. The Bertz CT molecular complexity index is 616.